The first-order valence-electron chi connectivity index (χ1n) is 11.9. The van der Waals surface area contributed by atoms with Crippen molar-refractivity contribution in [3.05, 3.63) is 89.6 Å². The number of aromatic nitrogens is 1. The van der Waals surface area contributed by atoms with Gasteiger partial charge in [-0.3, -0.25) is 14.6 Å². The van der Waals surface area contributed by atoms with Gasteiger partial charge >= 0.3 is 11.9 Å². The van der Waals surface area contributed by atoms with Gasteiger partial charge in [-0.2, -0.15) is 0 Å². The van der Waals surface area contributed by atoms with Crippen LogP contribution in [-0.2, 0) is 9.59 Å². The van der Waals surface area contributed by atoms with E-state index in [2.05, 4.69) is 4.98 Å². The molecule has 0 N–H and O–H groups in total. The van der Waals surface area contributed by atoms with Crippen LogP contribution in [0.15, 0.2) is 72.7 Å². The summed E-state index contributed by atoms with van der Waals surface area (Å²) in [5.74, 6) is -4.24. The number of pyridine rings is 1. The van der Waals surface area contributed by atoms with Crippen molar-refractivity contribution < 1.29 is 30.0 Å². The second-order valence-electron chi connectivity index (χ2n) is 5.36. The molecule has 0 aliphatic carbocycles. The van der Waals surface area contributed by atoms with Crippen LogP contribution in [0.2, 0.25) is 0 Å². The Bertz CT molecular complexity index is 1210. The molecule has 0 saturated carbocycles. The lowest BCUT2D eigenvalue weighted by Gasteiger charge is -2.18. The van der Waals surface area contributed by atoms with E-state index in [0.29, 0.717) is 0 Å². The largest absolute Gasteiger partial charge is 0.427 e. The second-order valence-corrected chi connectivity index (χ2v) is 5.36. The quantitative estimate of drug-likeness (QED) is 0.500. The topological polar surface area (TPSA) is 65.5 Å². The number of rotatable bonds is 5. The molecule has 3 aromatic rings. The van der Waals surface area contributed by atoms with Crippen molar-refractivity contribution in [3.8, 4) is 11.5 Å². The standard InChI is InChI=1S/C22H19NO4/c1-15(24)26-19-10-6-17(7-11-19)22(21-5-3-4-14-23-21)18-8-12-20(13-9-18)27-16(2)25/h3-14,22H,1-2H3/i6D,7D,8D,9D,10D,11D,12D,13D. The van der Waals surface area contributed by atoms with Gasteiger partial charge in [0, 0.05) is 20.0 Å². The minimum atomic E-state index is -1.38. The van der Waals surface area contributed by atoms with Gasteiger partial charge in [0.1, 0.15) is 11.5 Å². The van der Waals surface area contributed by atoms with E-state index in [1.165, 1.54) is 12.3 Å². The molecule has 27 heavy (non-hydrogen) atoms. The molecule has 5 nitrogen and oxygen atoms in total. The van der Waals surface area contributed by atoms with E-state index in [1.807, 2.05) is 0 Å². The molecule has 3 rings (SSSR count). The smallest absolute Gasteiger partial charge is 0.308 e. The predicted molar refractivity (Wildman–Crippen MR) is 101 cm³/mol. The summed E-state index contributed by atoms with van der Waals surface area (Å²) < 4.78 is 77.0. The molecule has 0 aliphatic heterocycles. The van der Waals surface area contributed by atoms with Gasteiger partial charge < -0.3 is 9.47 Å². The maximum atomic E-state index is 11.4. The van der Waals surface area contributed by atoms with Crippen LogP contribution in [0.4, 0.5) is 0 Å². The minimum Gasteiger partial charge on any atom is -0.427 e. The van der Waals surface area contributed by atoms with E-state index in [1.54, 1.807) is 12.1 Å². The van der Waals surface area contributed by atoms with E-state index < -0.39 is 77.7 Å². The molecule has 2 aromatic carbocycles. The van der Waals surface area contributed by atoms with Crippen LogP contribution in [0.3, 0.4) is 0 Å². The maximum Gasteiger partial charge on any atom is 0.308 e. The van der Waals surface area contributed by atoms with Crippen LogP contribution < -0.4 is 9.47 Å². The average molecular weight is 369 g/mol. The zero-order chi connectivity index (χ0) is 26.2. The van der Waals surface area contributed by atoms with Crippen LogP contribution in [0, 0.1) is 0 Å². The summed E-state index contributed by atoms with van der Waals surface area (Å²) >= 11 is 0. The minimum absolute atomic E-state index is 0.120. The van der Waals surface area contributed by atoms with E-state index >= 15 is 0 Å². The molecule has 0 spiro atoms. The zero-order valence-corrected chi connectivity index (χ0v) is 14.5. The number of hydrogen-bond donors (Lipinski definition) is 0. The van der Waals surface area contributed by atoms with Crippen molar-refractivity contribution in [1.82, 2.24) is 4.98 Å². The molecule has 1 aromatic heterocycles. The third kappa shape index (κ3) is 4.79. The first-order valence-corrected chi connectivity index (χ1v) is 7.86. The van der Waals surface area contributed by atoms with Crippen LogP contribution in [0.25, 0.3) is 0 Å². The fourth-order valence-electron chi connectivity index (χ4n) is 2.29. The van der Waals surface area contributed by atoms with Gasteiger partial charge in [-0.15, -0.1) is 0 Å². The predicted octanol–water partition coefficient (Wildman–Crippen LogP) is 4.11. The first kappa shape index (κ1) is 10.6. The van der Waals surface area contributed by atoms with E-state index in [0.717, 1.165) is 13.8 Å². The lowest BCUT2D eigenvalue weighted by molar-refractivity contribution is -0.132. The van der Waals surface area contributed by atoms with Crippen LogP contribution in [0.5, 0.6) is 11.5 Å². The molecule has 136 valence electrons. The van der Waals surface area contributed by atoms with Crippen molar-refractivity contribution >= 4 is 11.9 Å². The van der Waals surface area contributed by atoms with Crippen LogP contribution in [-0.4, -0.2) is 16.9 Å². The van der Waals surface area contributed by atoms with Crippen molar-refractivity contribution in [2.75, 3.05) is 0 Å². The summed E-state index contributed by atoms with van der Waals surface area (Å²) in [7, 11) is 0. The van der Waals surface area contributed by atoms with Gasteiger partial charge in [0.05, 0.1) is 22.6 Å². The molecule has 5 heteroatoms. The number of benzene rings is 2. The fourth-order valence-corrected chi connectivity index (χ4v) is 2.29. The Morgan fingerprint density at radius 2 is 1.33 bits per heavy atom. The summed E-state index contributed by atoms with van der Waals surface area (Å²) in [6.07, 6.45) is 1.38. The molecule has 0 bridgehead atoms. The van der Waals surface area contributed by atoms with Gasteiger partial charge in [-0.05, 0) is 47.4 Å². The third-order valence-electron chi connectivity index (χ3n) is 3.30. The number of carbonyl (C=O) groups is 2. The summed E-state index contributed by atoms with van der Waals surface area (Å²) in [6, 6.07) is -0.472. The van der Waals surface area contributed by atoms with Crippen molar-refractivity contribution in [1.29, 1.82) is 0 Å². The highest BCUT2D eigenvalue weighted by molar-refractivity contribution is 5.69. The van der Waals surface area contributed by atoms with Gasteiger partial charge in [0.25, 0.3) is 0 Å². The molecular formula is C22H19NO4. The van der Waals surface area contributed by atoms with Gasteiger partial charge in [0.2, 0.25) is 0 Å². The summed E-state index contributed by atoms with van der Waals surface area (Å²) in [5, 5.41) is 0. The van der Waals surface area contributed by atoms with Crippen molar-refractivity contribution in [2.24, 2.45) is 0 Å². The number of hydrogen-bond acceptors (Lipinski definition) is 5. The number of nitrogens with zero attached hydrogens (tertiary/aromatic N) is 1. The molecule has 0 saturated heterocycles. The number of esters is 2. The Kier molecular flexibility index (Phi) is 3.26. The summed E-state index contributed by atoms with van der Waals surface area (Å²) in [4.78, 5) is 27.1. The Balaban J connectivity index is 2.45. The van der Waals surface area contributed by atoms with Crippen molar-refractivity contribution in [3.63, 3.8) is 0 Å². The summed E-state index contributed by atoms with van der Waals surface area (Å²) in [6.45, 7) is 2.09. The highest BCUT2D eigenvalue weighted by Gasteiger charge is 2.18. The van der Waals surface area contributed by atoms with Crippen molar-refractivity contribution in [2.45, 2.75) is 19.8 Å². The van der Waals surface area contributed by atoms with Crippen LogP contribution in [0.1, 0.15) is 47.6 Å². The zero-order valence-electron chi connectivity index (χ0n) is 22.5. The van der Waals surface area contributed by atoms with Crippen LogP contribution >= 0.6 is 0 Å². The van der Waals surface area contributed by atoms with Gasteiger partial charge in [-0.25, -0.2) is 0 Å². The molecule has 0 amide bonds. The Morgan fingerprint density at radius 1 is 0.852 bits per heavy atom. The van der Waals surface area contributed by atoms with E-state index in [9.17, 15) is 9.59 Å². The molecule has 0 radical (unpaired) electrons. The molecule has 0 aliphatic rings. The summed E-state index contributed by atoms with van der Waals surface area (Å²) in [5.41, 5.74) is -0.471. The third-order valence-corrected chi connectivity index (χ3v) is 3.30. The van der Waals surface area contributed by atoms with Gasteiger partial charge in [-0.1, -0.05) is 30.2 Å². The second kappa shape index (κ2) is 8.27. The Morgan fingerprint density at radius 3 is 1.70 bits per heavy atom. The normalized spacial score (nSPS) is 14.6. The highest BCUT2D eigenvalue weighted by atomic mass is 16.5. The lowest BCUT2D eigenvalue weighted by Crippen LogP contribution is -2.07. The Labute approximate surface area is 168 Å². The van der Waals surface area contributed by atoms with E-state index in [4.69, 9.17) is 20.4 Å². The first-order chi connectivity index (χ1) is 16.4. The fraction of sp³-hybridized carbons (Fsp3) is 0.136. The number of carbonyl (C=O) groups excluding carboxylic acids is 2. The molecule has 0 unspecified atom stereocenters. The SMILES string of the molecule is [2H]c1c([2H])c(C(c2ccccn2)c2c([2H])c([2H])c(OC(C)=O)c([2H])c2[2H])c([2H])c([2H])c1OC(C)=O. The van der Waals surface area contributed by atoms with E-state index in [-0.39, 0.29) is 16.8 Å². The highest BCUT2D eigenvalue weighted by Crippen LogP contribution is 2.32. The average Bonchev–Trinajstić information content (AvgIpc) is 2.81. The molecule has 0 fully saturated rings. The Hall–Kier alpha value is -3.47. The molecular weight excluding hydrogens is 342 g/mol. The monoisotopic (exact) mass is 369 g/mol. The lowest BCUT2D eigenvalue weighted by atomic mass is 9.88. The molecule has 0 atom stereocenters. The molecule has 1 heterocycles. The van der Waals surface area contributed by atoms with Gasteiger partial charge in [0.15, 0.2) is 0 Å². The maximum absolute atomic E-state index is 11.4. The number of ether oxygens (including phenoxy) is 2.